The van der Waals surface area contributed by atoms with Gasteiger partial charge in [-0.1, -0.05) is 5.57 Å². The highest BCUT2D eigenvalue weighted by Crippen LogP contribution is 2.17. The van der Waals surface area contributed by atoms with Crippen LogP contribution in [-0.4, -0.2) is 24.3 Å². The van der Waals surface area contributed by atoms with Gasteiger partial charge in [-0.05, 0) is 32.2 Å². The van der Waals surface area contributed by atoms with Gasteiger partial charge in [0, 0.05) is 6.54 Å². The first kappa shape index (κ1) is 8.75. The van der Waals surface area contributed by atoms with E-state index in [-0.39, 0.29) is 6.10 Å². The second-order valence-corrected chi connectivity index (χ2v) is 3.48. The van der Waals surface area contributed by atoms with Crippen molar-refractivity contribution in [3.8, 4) is 0 Å². The van der Waals surface area contributed by atoms with E-state index in [0.717, 1.165) is 31.5 Å². The molecule has 2 atom stereocenters. The van der Waals surface area contributed by atoms with E-state index in [1.54, 1.807) is 0 Å². The first-order chi connectivity index (χ1) is 5.20. The minimum Gasteiger partial charge on any atom is -0.392 e. The van der Waals surface area contributed by atoms with E-state index < -0.39 is 0 Å². The zero-order chi connectivity index (χ0) is 8.27. The zero-order valence-corrected chi connectivity index (χ0v) is 7.14. The summed E-state index contributed by atoms with van der Waals surface area (Å²) in [5.74, 6) is 0.451. The minimum atomic E-state index is -0.178. The molecule has 1 heterocycles. The second-order valence-electron chi connectivity index (χ2n) is 3.48. The van der Waals surface area contributed by atoms with Gasteiger partial charge in [-0.15, -0.1) is 6.58 Å². The SMILES string of the molecule is C=C(C)CC(O)[C@@H]1CCNC1. The van der Waals surface area contributed by atoms with E-state index in [4.69, 9.17) is 0 Å². The fraction of sp³-hybridized carbons (Fsp3) is 0.778. The maximum atomic E-state index is 9.62. The Morgan fingerprint density at radius 2 is 2.55 bits per heavy atom. The highest BCUT2D eigenvalue weighted by atomic mass is 16.3. The Bertz CT molecular complexity index is 138. The smallest absolute Gasteiger partial charge is 0.0617 e. The van der Waals surface area contributed by atoms with Crippen molar-refractivity contribution in [1.82, 2.24) is 5.32 Å². The zero-order valence-electron chi connectivity index (χ0n) is 7.14. The summed E-state index contributed by atoms with van der Waals surface area (Å²) in [5, 5.41) is 12.9. The van der Waals surface area contributed by atoms with Crippen LogP contribution in [0.3, 0.4) is 0 Å². The number of aliphatic hydroxyl groups excluding tert-OH is 1. The van der Waals surface area contributed by atoms with E-state index in [9.17, 15) is 5.11 Å². The van der Waals surface area contributed by atoms with Crippen molar-refractivity contribution in [2.75, 3.05) is 13.1 Å². The van der Waals surface area contributed by atoms with Crippen molar-refractivity contribution in [3.63, 3.8) is 0 Å². The van der Waals surface area contributed by atoms with Crippen LogP contribution >= 0.6 is 0 Å². The molecule has 1 fully saturated rings. The highest BCUT2D eigenvalue weighted by molar-refractivity contribution is 4.93. The first-order valence-electron chi connectivity index (χ1n) is 4.23. The van der Waals surface area contributed by atoms with Gasteiger partial charge in [-0.2, -0.15) is 0 Å². The summed E-state index contributed by atoms with van der Waals surface area (Å²) >= 11 is 0. The summed E-state index contributed by atoms with van der Waals surface area (Å²) in [4.78, 5) is 0. The van der Waals surface area contributed by atoms with Crippen molar-refractivity contribution in [1.29, 1.82) is 0 Å². The molecule has 1 saturated heterocycles. The van der Waals surface area contributed by atoms with Crippen LogP contribution in [0.15, 0.2) is 12.2 Å². The van der Waals surface area contributed by atoms with Gasteiger partial charge >= 0.3 is 0 Å². The molecular formula is C9H17NO. The highest BCUT2D eigenvalue weighted by Gasteiger charge is 2.22. The van der Waals surface area contributed by atoms with Crippen LogP contribution in [0.2, 0.25) is 0 Å². The van der Waals surface area contributed by atoms with Crippen molar-refractivity contribution < 1.29 is 5.11 Å². The molecule has 0 bridgehead atoms. The molecule has 2 heteroatoms. The van der Waals surface area contributed by atoms with E-state index >= 15 is 0 Å². The van der Waals surface area contributed by atoms with Crippen molar-refractivity contribution in [2.45, 2.75) is 25.9 Å². The molecule has 1 aliphatic heterocycles. The van der Waals surface area contributed by atoms with Crippen LogP contribution in [0.4, 0.5) is 0 Å². The average molecular weight is 155 g/mol. The van der Waals surface area contributed by atoms with Crippen LogP contribution in [0.5, 0.6) is 0 Å². The average Bonchev–Trinajstić information content (AvgIpc) is 2.35. The maximum absolute atomic E-state index is 9.62. The molecule has 1 aliphatic rings. The Labute approximate surface area is 68.3 Å². The lowest BCUT2D eigenvalue weighted by Gasteiger charge is -2.16. The number of hydrogen-bond donors (Lipinski definition) is 2. The predicted octanol–water partition coefficient (Wildman–Crippen LogP) is 0.923. The van der Waals surface area contributed by atoms with Crippen LogP contribution in [-0.2, 0) is 0 Å². The number of aliphatic hydroxyl groups is 1. The lowest BCUT2D eigenvalue weighted by molar-refractivity contribution is 0.117. The molecule has 0 aromatic heterocycles. The van der Waals surface area contributed by atoms with Crippen LogP contribution < -0.4 is 5.32 Å². The third kappa shape index (κ3) is 2.64. The molecule has 0 amide bonds. The quantitative estimate of drug-likeness (QED) is 0.594. The largest absolute Gasteiger partial charge is 0.392 e. The summed E-state index contributed by atoms with van der Waals surface area (Å²) in [6.45, 7) is 7.77. The fourth-order valence-corrected chi connectivity index (χ4v) is 1.53. The monoisotopic (exact) mass is 155 g/mol. The Morgan fingerprint density at radius 1 is 1.82 bits per heavy atom. The van der Waals surface area contributed by atoms with E-state index in [1.165, 1.54) is 0 Å². The minimum absolute atomic E-state index is 0.178. The second kappa shape index (κ2) is 3.88. The number of nitrogens with one attached hydrogen (secondary N) is 1. The topological polar surface area (TPSA) is 32.3 Å². The summed E-state index contributed by atoms with van der Waals surface area (Å²) in [6.07, 6.45) is 1.68. The lowest BCUT2D eigenvalue weighted by Crippen LogP contribution is -2.22. The molecule has 2 nitrogen and oxygen atoms in total. The van der Waals surface area contributed by atoms with Gasteiger partial charge in [0.1, 0.15) is 0 Å². The molecule has 0 spiro atoms. The van der Waals surface area contributed by atoms with Crippen LogP contribution in [0.25, 0.3) is 0 Å². The third-order valence-electron chi connectivity index (χ3n) is 2.20. The Hall–Kier alpha value is -0.340. The fourth-order valence-electron chi connectivity index (χ4n) is 1.53. The molecule has 0 aromatic carbocycles. The van der Waals surface area contributed by atoms with Gasteiger partial charge in [0.15, 0.2) is 0 Å². The van der Waals surface area contributed by atoms with E-state index in [2.05, 4.69) is 11.9 Å². The summed E-state index contributed by atoms with van der Waals surface area (Å²) in [5.41, 5.74) is 1.07. The predicted molar refractivity (Wildman–Crippen MR) is 46.4 cm³/mol. The molecule has 11 heavy (non-hydrogen) atoms. The molecule has 0 aliphatic carbocycles. The molecule has 0 radical (unpaired) electrons. The van der Waals surface area contributed by atoms with Crippen molar-refractivity contribution in [3.05, 3.63) is 12.2 Å². The molecule has 64 valence electrons. The van der Waals surface area contributed by atoms with Crippen molar-refractivity contribution in [2.24, 2.45) is 5.92 Å². The molecule has 2 N–H and O–H groups in total. The van der Waals surface area contributed by atoms with Crippen LogP contribution in [0.1, 0.15) is 19.8 Å². The summed E-state index contributed by atoms with van der Waals surface area (Å²) in [7, 11) is 0. The van der Waals surface area contributed by atoms with E-state index in [1.807, 2.05) is 6.92 Å². The molecule has 1 rings (SSSR count). The summed E-state index contributed by atoms with van der Waals surface area (Å²) < 4.78 is 0. The van der Waals surface area contributed by atoms with Gasteiger partial charge in [0.25, 0.3) is 0 Å². The van der Waals surface area contributed by atoms with E-state index in [0.29, 0.717) is 5.92 Å². The first-order valence-corrected chi connectivity index (χ1v) is 4.23. The lowest BCUT2D eigenvalue weighted by atomic mass is 9.97. The summed E-state index contributed by atoms with van der Waals surface area (Å²) in [6, 6.07) is 0. The number of hydrogen-bond acceptors (Lipinski definition) is 2. The van der Waals surface area contributed by atoms with Gasteiger partial charge < -0.3 is 10.4 Å². The Kier molecular flexibility index (Phi) is 3.09. The maximum Gasteiger partial charge on any atom is 0.0617 e. The normalized spacial score (nSPS) is 26.9. The van der Waals surface area contributed by atoms with Gasteiger partial charge in [0.05, 0.1) is 6.10 Å². The molecular weight excluding hydrogens is 138 g/mol. The Morgan fingerprint density at radius 3 is 3.00 bits per heavy atom. The third-order valence-corrected chi connectivity index (χ3v) is 2.20. The Balaban J connectivity index is 2.28. The standard InChI is InChI=1S/C9H17NO/c1-7(2)5-9(11)8-3-4-10-6-8/h8-11H,1,3-6H2,2H3/t8-,9?/m1/s1. The van der Waals surface area contributed by atoms with Gasteiger partial charge in [-0.25, -0.2) is 0 Å². The van der Waals surface area contributed by atoms with Gasteiger partial charge in [-0.3, -0.25) is 0 Å². The van der Waals surface area contributed by atoms with Crippen molar-refractivity contribution >= 4 is 0 Å². The number of rotatable bonds is 3. The van der Waals surface area contributed by atoms with Crippen LogP contribution in [0, 0.1) is 5.92 Å². The molecule has 1 unspecified atom stereocenters. The molecule has 0 saturated carbocycles. The molecule has 0 aromatic rings. The van der Waals surface area contributed by atoms with Gasteiger partial charge in [0.2, 0.25) is 0 Å².